The normalized spacial score (nSPS) is 11.8. The summed E-state index contributed by atoms with van der Waals surface area (Å²) in [5, 5.41) is 5.10. The number of amides is 2. The lowest BCUT2D eigenvalue weighted by Gasteiger charge is -2.10. The van der Waals surface area contributed by atoms with Gasteiger partial charge >= 0.3 is 0 Å². The average molecular weight is 367 g/mol. The first-order chi connectivity index (χ1) is 11.5. The number of likely N-dealkylation sites (N-methyl/N-ethyl adjacent to an activating group) is 1. The molecule has 128 valence electrons. The van der Waals surface area contributed by atoms with Crippen LogP contribution in [-0.4, -0.2) is 48.5 Å². The van der Waals surface area contributed by atoms with Crippen molar-refractivity contribution in [1.82, 2.24) is 14.8 Å². The van der Waals surface area contributed by atoms with E-state index in [1.54, 1.807) is 40.4 Å². The lowest BCUT2D eigenvalue weighted by atomic mass is 10.2. The third-order valence-corrected chi connectivity index (χ3v) is 4.15. The number of carbonyl (C=O) groups is 2. The van der Waals surface area contributed by atoms with Crippen molar-refractivity contribution in [3.8, 4) is 0 Å². The van der Waals surface area contributed by atoms with Crippen molar-refractivity contribution >= 4 is 34.8 Å². The number of carbonyl (C=O) groups excluding carboxylic acids is 2. The number of thiazole rings is 1. The van der Waals surface area contributed by atoms with Gasteiger partial charge in [-0.3, -0.25) is 9.59 Å². The topological polar surface area (TPSA) is 66.7 Å². The molecule has 8 heteroatoms. The molecule has 0 spiro atoms. The van der Waals surface area contributed by atoms with Crippen molar-refractivity contribution < 1.29 is 9.59 Å². The molecule has 0 bridgehead atoms. The van der Waals surface area contributed by atoms with E-state index >= 15 is 0 Å². The Hall–Kier alpha value is -1.96. The average Bonchev–Trinajstić information content (AvgIpc) is 2.93. The molecule has 0 atom stereocenters. The number of halogens is 1. The molecule has 0 fully saturated rings. The molecule has 2 amide bonds. The van der Waals surface area contributed by atoms with Gasteiger partial charge in [0.25, 0.3) is 5.91 Å². The number of hydrogen-bond acceptors (Lipinski definition) is 4. The third-order valence-electron chi connectivity index (χ3n) is 3.12. The number of aromatic nitrogens is 1. The van der Waals surface area contributed by atoms with E-state index in [1.807, 2.05) is 19.0 Å². The van der Waals surface area contributed by atoms with Gasteiger partial charge in [-0.05, 0) is 32.3 Å². The van der Waals surface area contributed by atoms with Crippen LogP contribution in [-0.2, 0) is 11.3 Å². The third kappa shape index (κ3) is 5.59. The van der Waals surface area contributed by atoms with Crippen LogP contribution in [0.1, 0.15) is 10.4 Å². The van der Waals surface area contributed by atoms with Gasteiger partial charge in [-0.25, -0.2) is 0 Å². The van der Waals surface area contributed by atoms with Crippen molar-refractivity contribution in [2.75, 3.05) is 27.2 Å². The number of hydrogen-bond donors (Lipinski definition) is 1. The Bertz CT molecular complexity index is 782. The number of nitrogens with zero attached hydrogens (tertiary/aromatic N) is 3. The fourth-order valence-corrected chi connectivity index (χ4v) is 2.83. The maximum absolute atomic E-state index is 12.2. The highest BCUT2D eigenvalue weighted by Gasteiger charge is 2.08. The van der Waals surface area contributed by atoms with E-state index in [9.17, 15) is 9.59 Å². The van der Waals surface area contributed by atoms with Gasteiger partial charge in [-0.15, -0.1) is 11.3 Å². The summed E-state index contributed by atoms with van der Waals surface area (Å²) in [6.07, 6.45) is 1.74. The predicted molar refractivity (Wildman–Crippen MR) is 95.2 cm³/mol. The van der Waals surface area contributed by atoms with Crippen molar-refractivity contribution in [1.29, 1.82) is 0 Å². The molecule has 2 rings (SSSR count). The summed E-state index contributed by atoms with van der Waals surface area (Å²) in [5.74, 6) is -0.506. The minimum absolute atomic E-state index is 0.119. The van der Waals surface area contributed by atoms with Crippen molar-refractivity contribution in [3.05, 3.63) is 51.2 Å². The monoisotopic (exact) mass is 366 g/mol. The van der Waals surface area contributed by atoms with Crippen molar-refractivity contribution in [2.24, 2.45) is 4.99 Å². The zero-order valence-corrected chi connectivity index (χ0v) is 15.1. The summed E-state index contributed by atoms with van der Waals surface area (Å²) >= 11 is 7.19. The summed E-state index contributed by atoms with van der Waals surface area (Å²) in [5.41, 5.74) is 0.415. The van der Waals surface area contributed by atoms with Gasteiger partial charge < -0.3 is 14.8 Å². The van der Waals surface area contributed by atoms with Gasteiger partial charge in [-0.2, -0.15) is 4.99 Å². The predicted octanol–water partition coefficient (Wildman–Crippen LogP) is 1.62. The Balaban J connectivity index is 2.06. The Kier molecular flexibility index (Phi) is 6.72. The van der Waals surface area contributed by atoms with E-state index in [0.29, 0.717) is 21.9 Å². The second-order valence-electron chi connectivity index (χ2n) is 5.39. The molecule has 1 aromatic heterocycles. The first-order valence-corrected chi connectivity index (χ1v) is 8.61. The van der Waals surface area contributed by atoms with Crippen LogP contribution in [0.4, 0.5) is 0 Å². The molecule has 0 unspecified atom stereocenters. The van der Waals surface area contributed by atoms with Crippen LogP contribution in [0.3, 0.4) is 0 Å². The van der Waals surface area contributed by atoms with Gasteiger partial charge in [0.05, 0.1) is 0 Å². The molecule has 0 aliphatic rings. The second-order valence-corrected chi connectivity index (χ2v) is 6.70. The maximum Gasteiger partial charge on any atom is 0.279 e. The Morgan fingerprint density at radius 1 is 1.38 bits per heavy atom. The summed E-state index contributed by atoms with van der Waals surface area (Å²) < 4.78 is 1.65. The first kappa shape index (κ1) is 18.4. The van der Waals surface area contributed by atoms with Gasteiger partial charge in [0.1, 0.15) is 6.54 Å². The molecule has 2 aromatic rings. The van der Waals surface area contributed by atoms with Crippen LogP contribution in [0.15, 0.2) is 40.8 Å². The van der Waals surface area contributed by atoms with E-state index < -0.39 is 0 Å². The molecule has 1 heterocycles. The highest BCUT2D eigenvalue weighted by molar-refractivity contribution is 7.07. The quantitative estimate of drug-likeness (QED) is 0.844. The molecule has 0 saturated carbocycles. The summed E-state index contributed by atoms with van der Waals surface area (Å²) in [6.45, 7) is 1.47. The smallest absolute Gasteiger partial charge is 0.279 e. The maximum atomic E-state index is 12.2. The number of nitrogens with one attached hydrogen (secondary N) is 1. The highest BCUT2D eigenvalue weighted by Crippen LogP contribution is 2.11. The van der Waals surface area contributed by atoms with Crippen LogP contribution in [0.2, 0.25) is 5.02 Å². The van der Waals surface area contributed by atoms with E-state index in [-0.39, 0.29) is 18.4 Å². The van der Waals surface area contributed by atoms with Crippen molar-refractivity contribution in [2.45, 2.75) is 6.54 Å². The van der Waals surface area contributed by atoms with E-state index in [0.717, 1.165) is 6.54 Å². The van der Waals surface area contributed by atoms with Crippen LogP contribution < -0.4 is 10.1 Å². The molecule has 1 N–H and O–H groups in total. The van der Waals surface area contributed by atoms with Crippen LogP contribution in [0.5, 0.6) is 0 Å². The fourth-order valence-electron chi connectivity index (χ4n) is 1.91. The Morgan fingerprint density at radius 2 is 2.17 bits per heavy atom. The van der Waals surface area contributed by atoms with Gasteiger partial charge in [0.2, 0.25) is 5.91 Å². The highest BCUT2D eigenvalue weighted by atomic mass is 35.5. The Morgan fingerprint density at radius 3 is 2.88 bits per heavy atom. The molecule has 1 aromatic carbocycles. The molecule has 0 aliphatic heterocycles. The van der Waals surface area contributed by atoms with Gasteiger partial charge in [0.15, 0.2) is 4.80 Å². The van der Waals surface area contributed by atoms with Crippen LogP contribution >= 0.6 is 22.9 Å². The summed E-state index contributed by atoms with van der Waals surface area (Å²) in [7, 11) is 3.89. The van der Waals surface area contributed by atoms with E-state index in [1.165, 1.54) is 11.3 Å². The molecule has 6 nitrogen and oxygen atoms in total. The fraction of sp³-hybridized carbons (Fsp3) is 0.312. The standard InChI is InChI=1S/C16H19ClN4O2S/c1-20(2)7-6-18-14(22)11-21-8-9-24-16(21)19-15(23)12-4-3-5-13(17)10-12/h3-5,8-10H,6-7,11H2,1-2H3,(H,18,22). The molecule has 24 heavy (non-hydrogen) atoms. The lowest BCUT2D eigenvalue weighted by Crippen LogP contribution is -2.35. The molecule has 0 aliphatic carbocycles. The Labute approximate surface area is 149 Å². The van der Waals surface area contributed by atoms with E-state index in [4.69, 9.17) is 11.6 Å². The molecule has 0 radical (unpaired) electrons. The van der Waals surface area contributed by atoms with Gasteiger partial charge in [0, 0.05) is 35.3 Å². The zero-order valence-electron chi connectivity index (χ0n) is 13.5. The minimum atomic E-state index is -0.387. The SMILES string of the molecule is CN(C)CCNC(=O)Cn1ccsc1=NC(=O)c1cccc(Cl)c1. The van der Waals surface area contributed by atoms with Crippen LogP contribution in [0, 0.1) is 0 Å². The summed E-state index contributed by atoms with van der Waals surface area (Å²) in [6, 6.07) is 6.62. The first-order valence-electron chi connectivity index (χ1n) is 7.35. The van der Waals surface area contributed by atoms with Crippen molar-refractivity contribution in [3.63, 3.8) is 0 Å². The number of benzene rings is 1. The molecular weight excluding hydrogens is 348 g/mol. The minimum Gasteiger partial charge on any atom is -0.353 e. The summed E-state index contributed by atoms with van der Waals surface area (Å²) in [4.78, 5) is 30.7. The van der Waals surface area contributed by atoms with Gasteiger partial charge in [-0.1, -0.05) is 17.7 Å². The zero-order chi connectivity index (χ0) is 17.5. The molecular formula is C16H19ClN4O2S. The van der Waals surface area contributed by atoms with E-state index in [2.05, 4.69) is 10.3 Å². The number of rotatable bonds is 6. The second kappa shape index (κ2) is 8.77. The molecule has 0 saturated heterocycles. The van der Waals surface area contributed by atoms with Crippen LogP contribution in [0.25, 0.3) is 0 Å². The lowest BCUT2D eigenvalue weighted by molar-refractivity contribution is -0.121. The largest absolute Gasteiger partial charge is 0.353 e.